The molecule has 1 amide bonds. The van der Waals surface area contributed by atoms with E-state index in [0.29, 0.717) is 25.0 Å². The Bertz CT molecular complexity index is 633. The molecule has 0 spiro atoms. The van der Waals surface area contributed by atoms with Gasteiger partial charge in [0, 0.05) is 17.6 Å². The molecule has 1 aliphatic rings. The van der Waals surface area contributed by atoms with Gasteiger partial charge >= 0.3 is 0 Å². The minimum absolute atomic E-state index is 0.00917. The summed E-state index contributed by atoms with van der Waals surface area (Å²) in [5.41, 5.74) is 1.86. The molecule has 2 aromatic rings. The third-order valence-corrected chi connectivity index (χ3v) is 4.25. The van der Waals surface area contributed by atoms with Gasteiger partial charge in [-0.3, -0.25) is 4.79 Å². The van der Waals surface area contributed by atoms with Gasteiger partial charge in [0.05, 0.1) is 24.8 Å². The van der Waals surface area contributed by atoms with Crippen LogP contribution in [0.1, 0.15) is 13.3 Å². The summed E-state index contributed by atoms with van der Waals surface area (Å²) in [6.07, 6.45) is 0.781. The van der Waals surface area contributed by atoms with E-state index in [9.17, 15) is 4.79 Å². The third kappa shape index (κ3) is 3.45. The van der Waals surface area contributed by atoms with Crippen LogP contribution >= 0.6 is 11.3 Å². The van der Waals surface area contributed by atoms with Gasteiger partial charge in [0.15, 0.2) is 5.13 Å². The number of nitrogens with zero attached hydrogens (tertiary/aromatic N) is 1. The van der Waals surface area contributed by atoms with Crippen molar-refractivity contribution in [2.45, 2.75) is 13.3 Å². The molecule has 1 atom stereocenters. The first-order chi connectivity index (χ1) is 10.8. The van der Waals surface area contributed by atoms with Crippen LogP contribution in [-0.2, 0) is 9.53 Å². The predicted octanol–water partition coefficient (Wildman–Crippen LogP) is 3.18. The van der Waals surface area contributed by atoms with Gasteiger partial charge < -0.3 is 14.8 Å². The average Bonchev–Trinajstić information content (AvgIpc) is 3.19. The fraction of sp³-hybridized carbons (Fsp3) is 0.375. The van der Waals surface area contributed by atoms with E-state index in [1.54, 1.807) is 0 Å². The largest absolute Gasteiger partial charge is 0.494 e. The molecule has 116 valence electrons. The minimum Gasteiger partial charge on any atom is -0.494 e. The SMILES string of the molecule is CCOc1ccc(-c2csc(NC(=O)C3CCOC3)n2)cc1. The second-order valence-corrected chi connectivity index (χ2v) is 5.90. The van der Waals surface area contributed by atoms with E-state index in [2.05, 4.69) is 10.3 Å². The zero-order valence-corrected chi connectivity index (χ0v) is 13.2. The van der Waals surface area contributed by atoms with Gasteiger partial charge in [-0.25, -0.2) is 4.98 Å². The van der Waals surface area contributed by atoms with Crippen LogP contribution in [0.4, 0.5) is 5.13 Å². The number of carbonyl (C=O) groups excluding carboxylic acids is 1. The van der Waals surface area contributed by atoms with Crippen molar-refractivity contribution in [2.75, 3.05) is 25.1 Å². The van der Waals surface area contributed by atoms with E-state index < -0.39 is 0 Å². The lowest BCUT2D eigenvalue weighted by atomic mass is 10.1. The van der Waals surface area contributed by atoms with E-state index in [1.165, 1.54) is 11.3 Å². The number of ether oxygens (including phenoxy) is 2. The molecule has 1 unspecified atom stereocenters. The van der Waals surface area contributed by atoms with Crippen LogP contribution in [0, 0.1) is 5.92 Å². The van der Waals surface area contributed by atoms with Crippen LogP contribution in [0.25, 0.3) is 11.3 Å². The standard InChI is InChI=1S/C16H18N2O3S/c1-2-21-13-5-3-11(4-6-13)14-10-22-16(17-14)18-15(19)12-7-8-20-9-12/h3-6,10,12H,2,7-9H2,1H3,(H,17,18,19). The quantitative estimate of drug-likeness (QED) is 0.920. The molecular weight excluding hydrogens is 300 g/mol. The van der Waals surface area contributed by atoms with E-state index in [1.807, 2.05) is 36.6 Å². The Labute approximate surface area is 133 Å². The van der Waals surface area contributed by atoms with Crippen LogP contribution < -0.4 is 10.1 Å². The fourth-order valence-corrected chi connectivity index (χ4v) is 3.02. The molecule has 3 rings (SSSR count). The number of benzene rings is 1. The van der Waals surface area contributed by atoms with Crippen molar-refractivity contribution in [3.05, 3.63) is 29.6 Å². The average molecular weight is 318 g/mol. The monoisotopic (exact) mass is 318 g/mol. The number of hydrogen-bond acceptors (Lipinski definition) is 5. The predicted molar refractivity (Wildman–Crippen MR) is 86.3 cm³/mol. The Balaban J connectivity index is 1.66. The van der Waals surface area contributed by atoms with Crippen molar-refractivity contribution in [1.82, 2.24) is 4.98 Å². The molecule has 0 bridgehead atoms. The summed E-state index contributed by atoms with van der Waals surface area (Å²) >= 11 is 1.43. The normalized spacial score (nSPS) is 17.4. The maximum Gasteiger partial charge on any atom is 0.231 e. The first-order valence-corrected chi connectivity index (χ1v) is 8.21. The van der Waals surface area contributed by atoms with E-state index in [0.717, 1.165) is 23.4 Å². The number of nitrogens with one attached hydrogen (secondary N) is 1. The van der Waals surface area contributed by atoms with Crippen LogP contribution in [0.15, 0.2) is 29.6 Å². The number of aromatic nitrogens is 1. The minimum atomic E-state index is -0.0576. The van der Waals surface area contributed by atoms with E-state index >= 15 is 0 Å². The number of carbonyl (C=O) groups is 1. The van der Waals surface area contributed by atoms with Gasteiger partial charge in [0.1, 0.15) is 5.75 Å². The number of rotatable bonds is 5. The molecule has 22 heavy (non-hydrogen) atoms. The summed E-state index contributed by atoms with van der Waals surface area (Å²) in [6.45, 7) is 3.77. The first-order valence-electron chi connectivity index (χ1n) is 7.33. The Hall–Kier alpha value is -1.92. The van der Waals surface area contributed by atoms with Crippen LogP contribution in [0.2, 0.25) is 0 Å². The highest BCUT2D eigenvalue weighted by Crippen LogP contribution is 2.27. The molecule has 1 N–H and O–H groups in total. The van der Waals surface area contributed by atoms with Gasteiger partial charge in [-0.2, -0.15) is 0 Å². The molecule has 0 radical (unpaired) electrons. The van der Waals surface area contributed by atoms with Crippen molar-refractivity contribution in [1.29, 1.82) is 0 Å². The van der Waals surface area contributed by atoms with Crippen molar-refractivity contribution >= 4 is 22.4 Å². The molecular formula is C16H18N2O3S. The highest BCUT2D eigenvalue weighted by molar-refractivity contribution is 7.14. The smallest absolute Gasteiger partial charge is 0.231 e. The second kappa shape index (κ2) is 6.89. The summed E-state index contributed by atoms with van der Waals surface area (Å²) in [7, 11) is 0. The second-order valence-electron chi connectivity index (χ2n) is 5.05. The van der Waals surface area contributed by atoms with Crippen molar-refractivity contribution in [3.63, 3.8) is 0 Å². The van der Waals surface area contributed by atoms with Gasteiger partial charge in [-0.1, -0.05) is 0 Å². The molecule has 1 aromatic heterocycles. The first kappa shape index (κ1) is 15.0. The molecule has 1 aromatic carbocycles. The molecule has 1 saturated heterocycles. The Morgan fingerprint density at radius 1 is 1.45 bits per heavy atom. The molecule has 2 heterocycles. The number of amides is 1. The highest BCUT2D eigenvalue weighted by atomic mass is 32.1. The molecule has 6 heteroatoms. The topological polar surface area (TPSA) is 60.5 Å². The van der Waals surface area contributed by atoms with Gasteiger partial charge in [0.2, 0.25) is 5.91 Å². The third-order valence-electron chi connectivity index (χ3n) is 3.50. The maximum absolute atomic E-state index is 12.0. The molecule has 0 saturated carbocycles. The maximum atomic E-state index is 12.0. The zero-order valence-electron chi connectivity index (χ0n) is 12.4. The lowest BCUT2D eigenvalue weighted by Gasteiger charge is -2.06. The van der Waals surface area contributed by atoms with Gasteiger partial charge in [0.25, 0.3) is 0 Å². The van der Waals surface area contributed by atoms with Crippen LogP contribution in [0.5, 0.6) is 5.75 Å². The number of thiazole rings is 1. The summed E-state index contributed by atoms with van der Waals surface area (Å²) in [6, 6.07) is 7.78. The van der Waals surface area contributed by atoms with Crippen molar-refractivity contribution in [2.24, 2.45) is 5.92 Å². The molecule has 1 fully saturated rings. The van der Waals surface area contributed by atoms with Crippen LogP contribution in [0.3, 0.4) is 0 Å². The lowest BCUT2D eigenvalue weighted by Crippen LogP contribution is -2.22. The van der Waals surface area contributed by atoms with Crippen LogP contribution in [-0.4, -0.2) is 30.7 Å². The summed E-state index contributed by atoms with van der Waals surface area (Å²) < 4.78 is 10.7. The zero-order chi connectivity index (χ0) is 15.4. The Morgan fingerprint density at radius 2 is 2.27 bits per heavy atom. The van der Waals surface area contributed by atoms with E-state index in [-0.39, 0.29) is 11.8 Å². The highest BCUT2D eigenvalue weighted by Gasteiger charge is 2.24. The van der Waals surface area contributed by atoms with Gasteiger partial charge in [-0.05, 0) is 37.6 Å². The van der Waals surface area contributed by atoms with E-state index in [4.69, 9.17) is 9.47 Å². The lowest BCUT2D eigenvalue weighted by molar-refractivity contribution is -0.119. The summed E-state index contributed by atoms with van der Waals surface area (Å²) in [5, 5.41) is 5.44. The molecule has 1 aliphatic heterocycles. The van der Waals surface area contributed by atoms with Gasteiger partial charge in [-0.15, -0.1) is 11.3 Å². The summed E-state index contributed by atoms with van der Waals surface area (Å²) in [4.78, 5) is 16.5. The number of hydrogen-bond donors (Lipinski definition) is 1. The van der Waals surface area contributed by atoms with Crippen molar-refractivity contribution in [3.8, 4) is 17.0 Å². The fourth-order valence-electron chi connectivity index (χ4n) is 2.30. The summed E-state index contributed by atoms with van der Waals surface area (Å²) in [5.74, 6) is 0.777. The molecule has 0 aliphatic carbocycles. The number of anilines is 1. The Morgan fingerprint density at radius 3 is 2.95 bits per heavy atom. The van der Waals surface area contributed by atoms with Crippen molar-refractivity contribution < 1.29 is 14.3 Å². The molecule has 5 nitrogen and oxygen atoms in total. The Kier molecular flexibility index (Phi) is 4.70.